The highest BCUT2D eigenvalue weighted by Gasteiger charge is 2.07. The van der Waals surface area contributed by atoms with Crippen molar-refractivity contribution in [3.63, 3.8) is 0 Å². The first-order chi connectivity index (χ1) is 9.69. The Labute approximate surface area is 118 Å². The minimum absolute atomic E-state index is 0.341. The molecule has 2 rings (SSSR count). The number of hydrogen-bond donors (Lipinski definition) is 0. The zero-order valence-corrected chi connectivity index (χ0v) is 11.3. The van der Waals surface area contributed by atoms with Gasteiger partial charge in [-0.05, 0) is 36.8 Å². The van der Waals surface area contributed by atoms with Crippen LogP contribution in [-0.2, 0) is 11.2 Å². The second-order valence-corrected chi connectivity index (χ2v) is 4.27. The summed E-state index contributed by atoms with van der Waals surface area (Å²) in [6.07, 6.45) is 2.36. The van der Waals surface area contributed by atoms with Crippen LogP contribution in [0.25, 0.3) is 0 Å². The van der Waals surface area contributed by atoms with Gasteiger partial charge in [-0.25, -0.2) is 0 Å². The molecule has 0 aromatic heterocycles. The number of benzene rings is 2. The van der Waals surface area contributed by atoms with Gasteiger partial charge in [-0.2, -0.15) is 0 Å². The second-order valence-electron chi connectivity index (χ2n) is 4.27. The number of carbonyl (C=O) groups is 1. The Morgan fingerprint density at radius 2 is 1.90 bits per heavy atom. The monoisotopic (exact) mass is 268 g/mol. The Morgan fingerprint density at radius 1 is 1.15 bits per heavy atom. The van der Waals surface area contributed by atoms with E-state index in [0.717, 1.165) is 11.3 Å². The smallest absolute Gasteiger partial charge is 0.308 e. The van der Waals surface area contributed by atoms with E-state index in [0.29, 0.717) is 17.9 Å². The van der Waals surface area contributed by atoms with Gasteiger partial charge in [0.1, 0.15) is 17.2 Å². The summed E-state index contributed by atoms with van der Waals surface area (Å²) in [5, 5.41) is 0. The molecule has 0 bridgehead atoms. The molecule has 0 aliphatic heterocycles. The van der Waals surface area contributed by atoms with Crippen molar-refractivity contribution in [2.24, 2.45) is 0 Å². The lowest BCUT2D eigenvalue weighted by atomic mass is 10.1. The fourth-order valence-electron chi connectivity index (χ4n) is 1.81. The lowest BCUT2D eigenvalue weighted by Crippen LogP contribution is -2.03. The number of allylic oxidation sites excluding steroid dienone is 1. The summed E-state index contributed by atoms with van der Waals surface area (Å²) in [6, 6.07) is 14.9. The first-order valence-corrected chi connectivity index (χ1v) is 6.34. The lowest BCUT2D eigenvalue weighted by molar-refractivity contribution is -0.131. The summed E-state index contributed by atoms with van der Waals surface area (Å²) in [5.41, 5.74) is 0.864. The van der Waals surface area contributed by atoms with Gasteiger partial charge in [0.15, 0.2) is 0 Å². The Hall–Kier alpha value is -2.55. The van der Waals surface area contributed by atoms with Crippen molar-refractivity contribution in [2.75, 3.05) is 0 Å². The molecule has 2 aromatic rings. The average Bonchev–Trinajstić information content (AvgIpc) is 2.43. The van der Waals surface area contributed by atoms with Crippen LogP contribution in [0.15, 0.2) is 61.2 Å². The maximum Gasteiger partial charge on any atom is 0.308 e. The van der Waals surface area contributed by atoms with E-state index in [4.69, 9.17) is 9.47 Å². The van der Waals surface area contributed by atoms with E-state index >= 15 is 0 Å². The predicted octanol–water partition coefficient (Wildman–Crippen LogP) is 4.13. The average molecular weight is 268 g/mol. The minimum Gasteiger partial charge on any atom is -0.457 e. The number of esters is 1. The molecule has 0 saturated carbocycles. The van der Waals surface area contributed by atoms with Crippen molar-refractivity contribution in [3.05, 3.63) is 66.7 Å². The molecular formula is C17H16O3. The van der Waals surface area contributed by atoms with Gasteiger partial charge in [0.05, 0.1) is 0 Å². The van der Waals surface area contributed by atoms with E-state index < -0.39 is 0 Å². The van der Waals surface area contributed by atoms with Crippen LogP contribution >= 0.6 is 0 Å². The van der Waals surface area contributed by atoms with E-state index in [-0.39, 0.29) is 5.97 Å². The predicted molar refractivity (Wildman–Crippen MR) is 78.2 cm³/mol. The fourth-order valence-corrected chi connectivity index (χ4v) is 1.81. The summed E-state index contributed by atoms with van der Waals surface area (Å²) in [6.45, 7) is 5.09. The van der Waals surface area contributed by atoms with Crippen LogP contribution in [0.5, 0.6) is 17.2 Å². The molecule has 0 saturated heterocycles. The molecule has 0 atom stereocenters. The quantitative estimate of drug-likeness (QED) is 0.464. The van der Waals surface area contributed by atoms with Crippen LogP contribution < -0.4 is 9.47 Å². The normalized spacial score (nSPS) is 9.85. The zero-order chi connectivity index (χ0) is 14.4. The number of hydrogen-bond acceptors (Lipinski definition) is 3. The third kappa shape index (κ3) is 3.72. The van der Waals surface area contributed by atoms with Gasteiger partial charge >= 0.3 is 5.97 Å². The van der Waals surface area contributed by atoms with Crippen molar-refractivity contribution >= 4 is 5.97 Å². The summed E-state index contributed by atoms with van der Waals surface area (Å²) < 4.78 is 10.9. The second kappa shape index (κ2) is 6.57. The molecule has 102 valence electrons. The molecule has 0 spiro atoms. The molecule has 0 aliphatic carbocycles. The van der Waals surface area contributed by atoms with Crippen molar-refractivity contribution in [1.82, 2.24) is 0 Å². The molecule has 0 amide bonds. The van der Waals surface area contributed by atoms with Crippen molar-refractivity contribution in [3.8, 4) is 17.2 Å². The minimum atomic E-state index is -0.341. The summed E-state index contributed by atoms with van der Waals surface area (Å²) in [7, 11) is 0. The first kappa shape index (κ1) is 13.9. The summed E-state index contributed by atoms with van der Waals surface area (Å²) in [5.74, 6) is 1.66. The van der Waals surface area contributed by atoms with Crippen LogP contribution in [0.3, 0.4) is 0 Å². The van der Waals surface area contributed by atoms with Gasteiger partial charge in [0.2, 0.25) is 0 Å². The Morgan fingerprint density at radius 3 is 2.55 bits per heavy atom. The van der Waals surface area contributed by atoms with Crippen molar-refractivity contribution in [2.45, 2.75) is 13.3 Å². The van der Waals surface area contributed by atoms with E-state index in [1.807, 2.05) is 36.4 Å². The SMILES string of the molecule is C=CCc1cc(Oc2ccccc2)ccc1OC(C)=O. The highest BCUT2D eigenvalue weighted by molar-refractivity contribution is 5.70. The van der Waals surface area contributed by atoms with E-state index in [9.17, 15) is 4.79 Å². The van der Waals surface area contributed by atoms with Crippen molar-refractivity contribution < 1.29 is 14.3 Å². The van der Waals surface area contributed by atoms with Gasteiger partial charge in [-0.1, -0.05) is 24.3 Å². The molecule has 0 radical (unpaired) electrons. The molecule has 0 aliphatic rings. The van der Waals surface area contributed by atoms with E-state index in [1.54, 1.807) is 18.2 Å². The number of para-hydroxylation sites is 1. The van der Waals surface area contributed by atoms with Crippen LogP contribution in [0, 0.1) is 0 Å². The van der Waals surface area contributed by atoms with Crippen LogP contribution in [0.4, 0.5) is 0 Å². The van der Waals surface area contributed by atoms with E-state index in [1.165, 1.54) is 6.92 Å². The molecule has 0 unspecified atom stereocenters. The number of carbonyl (C=O) groups excluding carboxylic acids is 1. The third-order valence-electron chi connectivity index (χ3n) is 2.63. The molecule has 0 N–H and O–H groups in total. The summed E-state index contributed by atoms with van der Waals surface area (Å²) in [4.78, 5) is 11.1. The van der Waals surface area contributed by atoms with Crippen molar-refractivity contribution in [1.29, 1.82) is 0 Å². The van der Waals surface area contributed by atoms with Crippen LogP contribution in [-0.4, -0.2) is 5.97 Å². The molecule has 2 aromatic carbocycles. The first-order valence-electron chi connectivity index (χ1n) is 6.34. The lowest BCUT2D eigenvalue weighted by Gasteiger charge is -2.11. The van der Waals surface area contributed by atoms with Gasteiger partial charge in [0.25, 0.3) is 0 Å². The van der Waals surface area contributed by atoms with Gasteiger partial charge in [-0.3, -0.25) is 4.79 Å². The van der Waals surface area contributed by atoms with Gasteiger partial charge in [0, 0.05) is 12.5 Å². The maximum atomic E-state index is 11.1. The Kier molecular flexibility index (Phi) is 4.56. The molecular weight excluding hydrogens is 252 g/mol. The number of rotatable bonds is 5. The molecule has 3 nitrogen and oxygen atoms in total. The molecule has 0 fully saturated rings. The standard InChI is InChI=1S/C17H16O3/c1-3-7-14-12-16(10-11-17(14)19-13(2)18)20-15-8-5-4-6-9-15/h3-6,8-12H,1,7H2,2H3. The zero-order valence-electron chi connectivity index (χ0n) is 11.3. The van der Waals surface area contributed by atoms with Crippen LogP contribution in [0.1, 0.15) is 12.5 Å². The van der Waals surface area contributed by atoms with Gasteiger partial charge < -0.3 is 9.47 Å². The summed E-state index contributed by atoms with van der Waals surface area (Å²) >= 11 is 0. The Balaban J connectivity index is 2.25. The highest BCUT2D eigenvalue weighted by Crippen LogP contribution is 2.28. The Bertz CT molecular complexity index is 603. The van der Waals surface area contributed by atoms with Crippen LogP contribution in [0.2, 0.25) is 0 Å². The molecule has 20 heavy (non-hydrogen) atoms. The highest BCUT2D eigenvalue weighted by atomic mass is 16.5. The number of ether oxygens (including phenoxy) is 2. The maximum absolute atomic E-state index is 11.1. The molecule has 3 heteroatoms. The van der Waals surface area contributed by atoms with Gasteiger partial charge in [-0.15, -0.1) is 6.58 Å². The largest absolute Gasteiger partial charge is 0.457 e. The van der Waals surface area contributed by atoms with E-state index in [2.05, 4.69) is 6.58 Å². The third-order valence-corrected chi connectivity index (χ3v) is 2.63. The topological polar surface area (TPSA) is 35.5 Å². The molecule has 0 heterocycles. The fraction of sp³-hybridized carbons (Fsp3) is 0.118.